The number of piperidine rings is 1. The van der Waals surface area contributed by atoms with E-state index in [2.05, 4.69) is 26.8 Å². The first kappa shape index (κ1) is 19.5. The van der Waals surface area contributed by atoms with Gasteiger partial charge in [0.1, 0.15) is 6.54 Å². The zero-order chi connectivity index (χ0) is 19.2. The summed E-state index contributed by atoms with van der Waals surface area (Å²) in [5.41, 5.74) is 3.02. The molecule has 1 aliphatic rings. The lowest BCUT2D eigenvalue weighted by Crippen LogP contribution is -2.49. The fourth-order valence-corrected chi connectivity index (χ4v) is 3.89. The largest absolute Gasteiger partial charge is 0.338 e. The van der Waals surface area contributed by atoms with Crippen molar-refractivity contribution < 1.29 is 4.79 Å². The lowest BCUT2D eigenvalue weighted by atomic mass is 10.0. The van der Waals surface area contributed by atoms with Crippen LogP contribution in [-0.2, 0) is 17.8 Å². The number of likely N-dealkylation sites (tertiary alicyclic amines) is 1. The normalized spacial score (nSPS) is 15.8. The van der Waals surface area contributed by atoms with Crippen LogP contribution in [0.2, 0.25) is 0 Å². The Morgan fingerprint density at radius 2 is 2.04 bits per heavy atom. The van der Waals surface area contributed by atoms with E-state index in [1.165, 1.54) is 0 Å². The zero-order valence-electron chi connectivity index (χ0n) is 16.8. The predicted octanol–water partition coefficient (Wildman–Crippen LogP) is 2.45. The molecule has 0 spiro atoms. The minimum Gasteiger partial charge on any atom is -0.338 e. The number of hydrogen-bond acceptors (Lipinski definition) is 4. The number of aromatic nitrogens is 3. The second-order valence-electron chi connectivity index (χ2n) is 7.41. The van der Waals surface area contributed by atoms with Crippen molar-refractivity contribution in [3.05, 3.63) is 47.5 Å². The summed E-state index contributed by atoms with van der Waals surface area (Å²) < 4.78 is 1.83. The van der Waals surface area contributed by atoms with Crippen LogP contribution in [0.1, 0.15) is 36.8 Å². The summed E-state index contributed by atoms with van der Waals surface area (Å²) in [6.45, 7) is 10.4. The van der Waals surface area contributed by atoms with Crippen LogP contribution in [-0.4, -0.2) is 62.7 Å². The van der Waals surface area contributed by atoms with Gasteiger partial charge in [0.15, 0.2) is 0 Å². The first-order valence-electron chi connectivity index (χ1n) is 9.99. The highest BCUT2D eigenvalue weighted by atomic mass is 16.2. The van der Waals surface area contributed by atoms with E-state index in [4.69, 9.17) is 0 Å². The van der Waals surface area contributed by atoms with E-state index in [0.717, 1.165) is 56.0 Å². The van der Waals surface area contributed by atoms with E-state index in [9.17, 15) is 4.79 Å². The van der Waals surface area contributed by atoms with E-state index in [1.54, 1.807) is 0 Å². The minimum absolute atomic E-state index is 0.159. The smallest absolute Gasteiger partial charge is 0.244 e. The highest BCUT2D eigenvalue weighted by molar-refractivity contribution is 5.76. The van der Waals surface area contributed by atoms with Crippen LogP contribution in [0.3, 0.4) is 0 Å². The third-order valence-electron chi connectivity index (χ3n) is 5.49. The molecule has 6 heteroatoms. The Morgan fingerprint density at radius 3 is 2.63 bits per heavy atom. The quantitative estimate of drug-likeness (QED) is 0.752. The molecular formula is C21H31N5O. The fourth-order valence-electron chi connectivity index (χ4n) is 3.89. The number of nitrogens with zero attached hydrogens (tertiary/aromatic N) is 5. The van der Waals surface area contributed by atoms with Crippen LogP contribution in [0.5, 0.6) is 0 Å². The number of rotatable bonds is 7. The average molecular weight is 370 g/mol. The van der Waals surface area contributed by atoms with Gasteiger partial charge in [-0.3, -0.25) is 14.5 Å². The summed E-state index contributed by atoms with van der Waals surface area (Å²) in [6.07, 6.45) is 4.69. The van der Waals surface area contributed by atoms with Gasteiger partial charge in [-0.1, -0.05) is 13.0 Å². The maximum Gasteiger partial charge on any atom is 0.244 e. The number of carbonyl (C=O) groups excluding carboxylic acids is 1. The SMILES string of the molecule is CCN1CCC(N(CCc2ccccn2)C(=O)Cn2nc(C)cc2C)CC1. The van der Waals surface area contributed by atoms with Crippen LogP contribution in [0.25, 0.3) is 0 Å². The van der Waals surface area contributed by atoms with Crippen molar-refractivity contribution in [2.75, 3.05) is 26.2 Å². The summed E-state index contributed by atoms with van der Waals surface area (Å²) in [5, 5.41) is 4.47. The van der Waals surface area contributed by atoms with Crippen molar-refractivity contribution >= 4 is 5.91 Å². The predicted molar refractivity (Wildman–Crippen MR) is 106 cm³/mol. The van der Waals surface area contributed by atoms with Gasteiger partial charge >= 0.3 is 0 Å². The van der Waals surface area contributed by atoms with Gasteiger partial charge in [-0.2, -0.15) is 5.10 Å². The average Bonchev–Trinajstić information content (AvgIpc) is 3.00. The Bertz CT molecular complexity index is 734. The van der Waals surface area contributed by atoms with E-state index < -0.39 is 0 Å². The maximum atomic E-state index is 13.2. The van der Waals surface area contributed by atoms with Crippen molar-refractivity contribution in [1.29, 1.82) is 0 Å². The number of aryl methyl sites for hydroxylation is 2. The van der Waals surface area contributed by atoms with Crippen molar-refractivity contribution in [1.82, 2.24) is 24.6 Å². The Labute approximate surface area is 162 Å². The van der Waals surface area contributed by atoms with Crippen molar-refractivity contribution in [2.45, 2.75) is 52.6 Å². The lowest BCUT2D eigenvalue weighted by molar-refractivity contribution is -0.135. The molecule has 3 rings (SSSR count). The van der Waals surface area contributed by atoms with Crippen LogP contribution in [0.4, 0.5) is 0 Å². The first-order valence-corrected chi connectivity index (χ1v) is 9.99. The number of hydrogen-bond donors (Lipinski definition) is 0. The molecule has 0 saturated carbocycles. The van der Waals surface area contributed by atoms with Gasteiger partial charge in [0.05, 0.1) is 5.69 Å². The minimum atomic E-state index is 0.159. The van der Waals surface area contributed by atoms with Crippen molar-refractivity contribution in [2.24, 2.45) is 0 Å². The van der Waals surface area contributed by atoms with Crippen LogP contribution >= 0.6 is 0 Å². The summed E-state index contributed by atoms with van der Waals surface area (Å²) in [7, 11) is 0. The van der Waals surface area contributed by atoms with Gasteiger partial charge in [-0.15, -0.1) is 0 Å². The molecule has 1 aliphatic heterocycles. The van der Waals surface area contributed by atoms with Crippen LogP contribution < -0.4 is 0 Å². The van der Waals surface area contributed by atoms with Gasteiger partial charge in [0.25, 0.3) is 0 Å². The molecule has 1 fully saturated rings. The van der Waals surface area contributed by atoms with E-state index in [-0.39, 0.29) is 5.91 Å². The zero-order valence-corrected chi connectivity index (χ0v) is 16.8. The van der Waals surface area contributed by atoms with Crippen molar-refractivity contribution in [3.63, 3.8) is 0 Å². The second-order valence-corrected chi connectivity index (χ2v) is 7.41. The molecule has 3 heterocycles. The molecule has 0 radical (unpaired) electrons. The summed E-state index contributed by atoms with van der Waals surface area (Å²) >= 11 is 0. The molecule has 0 aromatic carbocycles. The summed E-state index contributed by atoms with van der Waals surface area (Å²) in [6, 6.07) is 8.29. The third-order valence-corrected chi connectivity index (χ3v) is 5.49. The number of carbonyl (C=O) groups is 1. The summed E-state index contributed by atoms with van der Waals surface area (Å²) in [5.74, 6) is 0.159. The number of pyridine rings is 1. The van der Waals surface area contributed by atoms with Gasteiger partial charge in [-0.05, 0) is 51.4 Å². The molecule has 2 aromatic heterocycles. The van der Waals surface area contributed by atoms with Crippen LogP contribution in [0, 0.1) is 13.8 Å². The van der Waals surface area contributed by atoms with Crippen molar-refractivity contribution in [3.8, 4) is 0 Å². The molecule has 1 amide bonds. The van der Waals surface area contributed by atoms with Gasteiger partial charge in [0.2, 0.25) is 5.91 Å². The monoisotopic (exact) mass is 369 g/mol. The molecule has 0 unspecified atom stereocenters. The Hall–Kier alpha value is -2.21. The molecule has 6 nitrogen and oxygen atoms in total. The maximum absolute atomic E-state index is 13.2. The molecule has 2 aromatic rings. The fraction of sp³-hybridized carbons (Fsp3) is 0.571. The van der Waals surface area contributed by atoms with E-state index in [0.29, 0.717) is 19.1 Å². The highest BCUT2D eigenvalue weighted by Crippen LogP contribution is 2.18. The van der Waals surface area contributed by atoms with Gasteiger partial charge in [0, 0.05) is 49.7 Å². The molecule has 1 saturated heterocycles. The third kappa shape index (κ3) is 5.16. The van der Waals surface area contributed by atoms with Gasteiger partial charge < -0.3 is 9.80 Å². The second kappa shape index (κ2) is 9.13. The Morgan fingerprint density at radius 1 is 1.26 bits per heavy atom. The standard InChI is InChI=1S/C21H31N5O/c1-4-24-12-9-20(10-13-24)25(14-8-19-7-5-6-11-22-19)21(27)16-26-18(3)15-17(2)23-26/h5-7,11,15,20H,4,8-10,12-14,16H2,1-3H3. The van der Waals surface area contributed by atoms with Gasteiger partial charge in [-0.25, -0.2) is 0 Å². The molecule has 0 N–H and O–H groups in total. The Kier molecular flexibility index (Phi) is 6.61. The summed E-state index contributed by atoms with van der Waals surface area (Å²) in [4.78, 5) is 22.1. The van der Waals surface area contributed by atoms with E-state index >= 15 is 0 Å². The molecule has 0 atom stereocenters. The molecular weight excluding hydrogens is 338 g/mol. The molecule has 0 aliphatic carbocycles. The van der Waals surface area contributed by atoms with Crippen LogP contribution in [0.15, 0.2) is 30.5 Å². The number of amides is 1. The Balaban J connectivity index is 1.70. The molecule has 27 heavy (non-hydrogen) atoms. The highest BCUT2D eigenvalue weighted by Gasteiger charge is 2.27. The molecule has 146 valence electrons. The molecule has 0 bridgehead atoms. The topological polar surface area (TPSA) is 54.3 Å². The first-order chi connectivity index (χ1) is 13.1. The lowest BCUT2D eigenvalue weighted by Gasteiger charge is -2.38. The van der Waals surface area contributed by atoms with E-state index in [1.807, 2.05) is 49.0 Å².